The highest BCUT2D eigenvalue weighted by molar-refractivity contribution is 9.09. The number of allylic oxidation sites excluding steroid dienone is 2. The molecular formula is C16H29BrO3. The van der Waals surface area contributed by atoms with Crippen molar-refractivity contribution in [2.45, 2.75) is 58.3 Å². The Balaban J connectivity index is 3.15. The van der Waals surface area contributed by atoms with Gasteiger partial charge in [-0.05, 0) is 44.9 Å². The quantitative estimate of drug-likeness (QED) is 0.198. The first kappa shape index (κ1) is 19.7. The van der Waals surface area contributed by atoms with Gasteiger partial charge in [0.1, 0.15) is 0 Å². The highest BCUT2D eigenvalue weighted by Gasteiger charge is 2.02. The molecule has 0 aliphatic rings. The van der Waals surface area contributed by atoms with E-state index >= 15 is 0 Å². The third-order valence-corrected chi connectivity index (χ3v) is 3.33. The third-order valence-electron chi connectivity index (χ3n) is 2.77. The van der Waals surface area contributed by atoms with Crippen LogP contribution < -0.4 is 0 Å². The monoisotopic (exact) mass is 348 g/mol. The first-order valence-electron chi connectivity index (χ1n) is 7.75. The lowest BCUT2D eigenvalue weighted by atomic mass is 10.2. The van der Waals surface area contributed by atoms with Gasteiger partial charge < -0.3 is 9.47 Å². The maximum Gasteiger partial charge on any atom is 0.305 e. The lowest BCUT2D eigenvalue weighted by molar-refractivity contribution is -0.144. The predicted octanol–water partition coefficient (Wildman–Crippen LogP) is 4.64. The van der Waals surface area contributed by atoms with Crippen molar-refractivity contribution in [2.75, 3.05) is 25.2 Å². The van der Waals surface area contributed by atoms with Crippen LogP contribution in [0.3, 0.4) is 0 Å². The van der Waals surface area contributed by atoms with Gasteiger partial charge in [0.2, 0.25) is 0 Å². The van der Waals surface area contributed by atoms with E-state index in [1.807, 2.05) is 0 Å². The number of alkyl halides is 1. The largest absolute Gasteiger partial charge is 0.466 e. The maximum absolute atomic E-state index is 11.3. The van der Waals surface area contributed by atoms with Crippen LogP contribution in [0.1, 0.15) is 58.3 Å². The lowest BCUT2D eigenvalue weighted by Gasteiger charge is -2.05. The lowest BCUT2D eigenvalue weighted by Crippen LogP contribution is -2.07. The number of carbonyl (C=O) groups excluding carboxylic acids is 1. The molecule has 0 atom stereocenters. The molecule has 118 valence electrons. The predicted molar refractivity (Wildman–Crippen MR) is 87.3 cm³/mol. The van der Waals surface area contributed by atoms with Gasteiger partial charge in [0.25, 0.3) is 0 Å². The number of carbonyl (C=O) groups is 1. The van der Waals surface area contributed by atoms with Crippen LogP contribution in [0, 0.1) is 0 Å². The van der Waals surface area contributed by atoms with Crippen molar-refractivity contribution in [3.8, 4) is 0 Å². The summed E-state index contributed by atoms with van der Waals surface area (Å²) in [5, 5.41) is 0.965. The van der Waals surface area contributed by atoms with Gasteiger partial charge in [0.05, 0.1) is 6.61 Å². The summed E-state index contributed by atoms with van der Waals surface area (Å²) in [6, 6.07) is 0. The van der Waals surface area contributed by atoms with Gasteiger partial charge in [-0.2, -0.15) is 0 Å². The second-order valence-corrected chi connectivity index (χ2v) is 5.50. The average molecular weight is 349 g/mol. The molecule has 0 radical (unpaired) electrons. The van der Waals surface area contributed by atoms with E-state index in [1.54, 1.807) is 0 Å². The molecule has 0 aliphatic carbocycles. The third kappa shape index (κ3) is 15.7. The van der Waals surface area contributed by atoms with Crippen molar-refractivity contribution in [1.82, 2.24) is 0 Å². The first-order chi connectivity index (χ1) is 9.81. The van der Waals surface area contributed by atoms with Crippen LogP contribution in [0.25, 0.3) is 0 Å². The van der Waals surface area contributed by atoms with Gasteiger partial charge in [-0.3, -0.25) is 4.79 Å². The molecule has 3 nitrogen and oxygen atoms in total. The minimum atomic E-state index is -0.104. The molecule has 0 rings (SSSR count). The van der Waals surface area contributed by atoms with Gasteiger partial charge in [0, 0.05) is 25.0 Å². The number of esters is 1. The standard InChI is InChI=1S/C16H29BrO3/c1-2-3-4-5-6-8-13-19-14-10-11-16(18)20-15-9-7-12-17/h3-4H,2,5-15H2,1H3/b4-3-. The van der Waals surface area contributed by atoms with Crippen LogP contribution in [0.4, 0.5) is 0 Å². The summed E-state index contributed by atoms with van der Waals surface area (Å²) in [4.78, 5) is 11.3. The Morgan fingerprint density at radius 1 is 1.00 bits per heavy atom. The number of unbranched alkanes of at least 4 members (excludes halogenated alkanes) is 3. The van der Waals surface area contributed by atoms with Gasteiger partial charge >= 0.3 is 5.97 Å². The summed E-state index contributed by atoms with van der Waals surface area (Å²) in [7, 11) is 0. The molecule has 0 amide bonds. The number of hydrogen-bond acceptors (Lipinski definition) is 3. The summed E-state index contributed by atoms with van der Waals surface area (Å²) < 4.78 is 10.6. The Hall–Kier alpha value is -0.350. The van der Waals surface area contributed by atoms with E-state index < -0.39 is 0 Å². The number of halogens is 1. The van der Waals surface area contributed by atoms with E-state index in [4.69, 9.17) is 9.47 Å². The highest BCUT2D eigenvalue weighted by atomic mass is 79.9. The Kier molecular flexibility index (Phi) is 16.4. The molecule has 0 bridgehead atoms. The van der Waals surface area contributed by atoms with Gasteiger partial charge in [0.15, 0.2) is 0 Å². The molecule has 0 saturated heterocycles. The Labute approximate surface area is 132 Å². The topological polar surface area (TPSA) is 35.5 Å². The van der Waals surface area contributed by atoms with E-state index in [0.29, 0.717) is 19.6 Å². The molecule has 0 spiro atoms. The van der Waals surface area contributed by atoms with Crippen molar-refractivity contribution < 1.29 is 14.3 Å². The smallest absolute Gasteiger partial charge is 0.305 e. The molecule has 0 saturated carbocycles. The van der Waals surface area contributed by atoms with Crippen molar-refractivity contribution >= 4 is 21.9 Å². The molecule has 0 aliphatic heterocycles. The molecule has 0 heterocycles. The number of hydrogen-bond donors (Lipinski definition) is 0. The van der Waals surface area contributed by atoms with Crippen LogP contribution in [0.15, 0.2) is 12.2 Å². The minimum Gasteiger partial charge on any atom is -0.466 e. The fourth-order valence-electron chi connectivity index (χ4n) is 1.63. The van der Waals surface area contributed by atoms with E-state index in [9.17, 15) is 4.79 Å². The maximum atomic E-state index is 11.3. The van der Waals surface area contributed by atoms with E-state index in [1.165, 1.54) is 6.42 Å². The number of rotatable bonds is 14. The molecule has 0 fully saturated rings. The second-order valence-electron chi connectivity index (χ2n) is 4.71. The Bertz CT molecular complexity index is 242. The van der Waals surface area contributed by atoms with Crippen LogP contribution in [0.2, 0.25) is 0 Å². The first-order valence-corrected chi connectivity index (χ1v) is 8.87. The molecule has 0 unspecified atom stereocenters. The fourth-order valence-corrected chi connectivity index (χ4v) is 2.02. The van der Waals surface area contributed by atoms with Crippen LogP contribution in [-0.2, 0) is 14.3 Å². The molecule has 0 aromatic carbocycles. The summed E-state index contributed by atoms with van der Waals surface area (Å²) >= 11 is 3.35. The molecule has 20 heavy (non-hydrogen) atoms. The van der Waals surface area contributed by atoms with Crippen LogP contribution in [0.5, 0.6) is 0 Å². The molecular weight excluding hydrogens is 320 g/mol. The summed E-state index contributed by atoms with van der Waals surface area (Å²) in [6.45, 7) is 4.13. The van der Waals surface area contributed by atoms with E-state index in [-0.39, 0.29) is 5.97 Å². The van der Waals surface area contributed by atoms with Gasteiger partial charge in [-0.25, -0.2) is 0 Å². The SMILES string of the molecule is CC/C=C\CCCCOCCCC(=O)OCCCCBr. The second kappa shape index (κ2) is 16.7. The van der Waals surface area contributed by atoms with E-state index in [2.05, 4.69) is 35.0 Å². The zero-order valence-corrected chi connectivity index (χ0v) is 14.3. The van der Waals surface area contributed by atoms with Crippen molar-refractivity contribution in [3.05, 3.63) is 12.2 Å². The van der Waals surface area contributed by atoms with Crippen LogP contribution in [-0.4, -0.2) is 31.1 Å². The fraction of sp³-hybridized carbons (Fsp3) is 0.812. The Morgan fingerprint density at radius 2 is 1.75 bits per heavy atom. The zero-order chi connectivity index (χ0) is 14.9. The Morgan fingerprint density at radius 3 is 2.50 bits per heavy atom. The van der Waals surface area contributed by atoms with Gasteiger partial charge in [-0.15, -0.1) is 0 Å². The summed E-state index contributed by atoms with van der Waals surface area (Å²) in [6.07, 6.45) is 12.1. The summed E-state index contributed by atoms with van der Waals surface area (Å²) in [5.41, 5.74) is 0. The van der Waals surface area contributed by atoms with Crippen molar-refractivity contribution in [1.29, 1.82) is 0 Å². The average Bonchev–Trinajstić information content (AvgIpc) is 2.45. The molecule has 4 heteroatoms. The van der Waals surface area contributed by atoms with Crippen molar-refractivity contribution in [3.63, 3.8) is 0 Å². The zero-order valence-electron chi connectivity index (χ0n) is 12.7. The highest BCUT2D eigenvalue weighted by Crippen LogP contribution is 2.01. The van der Waals surface area contributed by atoms with Crippen molar-refractivity contribution in [2.24, 2.45) is 0 Å². The normalized spacial score (nSPS) is 11.1. The molecule has 0 aromatic heterocycles. The van der Waals surface area contributed by atoms with E-state index in [0.717, 1.165) is 50.5 Å². The number of ether oxygens (including phenoxy) is 2. The van der Waals surface area contributed by atoms with Gasteiger partial charge in [-0.1, -0.05) is 35.0 Å². The molecule has 0 aromatic rings. The molecule has 0 N–H and O–H groups in total. The minimum absolute atomic E-state index is 0.104. The van der Waals surface area contributed by atoms with Crippen LogP contribution >= 0.6 is 15.9 Å². The summed E-state index contributed by atoms with van der Waals surface area (Å²) in [5.74, 6) is -0.104.